The molecule has 2 amide bonds. The van der Waals surface area contributed by atoms with E-state index in [2.05, 4.69) is 15.2 Å². The van der Waals surface area contributed by atoms with Crippen molar-refractivity contribution in [2.75, 3.05) is 30.4 Å². The Labute approximate surface area is 208 Å². The normalized spacial score (nSPS) is 15.9. The van der Waals surface area contributed by atoms with Gasteiger partial charge in [0.2, 0.25) is 0 Å². The van der Waals surface area contributed by atoms with Crippen LogP contribution in [0.2, 0.25) is 0 Å². The van der Waals surface area contributed by atoms with Crippen LogP contribution in [0.4, 0.5) is 16.2 Å². The van der Waals surface area contributed by atoms with Crippen LogP contribution in [0.1, 0.15) is 41.9 Å². The van der Waals surface area contributed by atoms with Crippen LogP contribution in [-0.4, -0.2) is 53.7 Å². The van der Waals surface area contributed by atoms with Gasteiger partial charge in [0.1, 0.15) is 5.60 Å². The smallest absolute Gasteiger partial charge is 0.410 e. The number of nitrogens with zero attached hydrogens (tertiary/aromatic N) is 3. The highest BCUT2D eigenvalue weighted by Crippen LogP contribution is 2.32. The first-order valence-corrected chi connectivity index (χ1v) is 12.9. The Morgan fingerprint density at radius 1 is 1.12 bits per heavy atom. The van der Waals surface area contributed by atoms with Gasteiger partial charge in [-0.2, -0.15) is 0 Å². The lowest BCUT2D eigenvalue weighted by atomic mass is 10.2. The van der Waals surface area contributed by atoms with Crippen molar-refractivity contribution in [1.82, 2.24) is 9.88 Å². The molecule has 180 valence electrons. The molecule has 1 atom stereocenters. The number of likely N-dealkylation sites (N-methyl/N-ethyl adjacent to an activating group) is 1. The summed E-state index contributed by atoms with van der Waals surface area (Å²) in [5.41, 5.74) is 1.31. The number of anilines is 2. The summed E-state index contributed by atoms with van der Waals surface area (Å²) >= 11 is 3.09. The SMILES string of the molecule is Cc1ncc(-c2ccc(C(=O)Nc3ccc(N4CCC(N(C)C(=O)OC(C)(C)C)C4)cc3)s2)s1. The fourth-order valence-corrected chi connectivity index (χ4v) is 5.55. The molecule has 1 aliphatic heterocycles. The number of thiazole rings is 1. The van der Waals surface area contributed by atoms with E-state index in [4.69, 9.17) is 4.74 Å². The summed E-state index contributed by atoms with van der Waals surface area (Å²) in [6.45, 7) is 9.20. The lowest BCUT2D eigenvalue weighted by Crippen LogP contribution is -2.42. The van der Waals surface area contributed by atoms with Crippen LogP contribution in [0.5, 0.6) is 0 Å². The van der Waals surface area contributed by atoms with Crippen molar-refractivity contribution in [2.45, 2.75) is 45.8 Å². The van der Waals surface area contributed by atoms with Crippen LogP contribution in [0.25, 0.3) is 9.75 Å². The molecule has 1 aromatic carbocycles. The molecule has 0 spiro atoms. The Hall–Kier alpha value is -2.91. The van der Waals surface area contributed by atoms with Crippen LogP contribution >= 0.6 is 22.7 Å². The van der Waals surface area contributed by atoms with Crippen LogP contribution < -0.4 is 10.2 Å². The van der Waals surface area contributed by atoms with Crippen molar-refractivity contribution in [3.05, 3.63) is 52.5 Å². The molecule has 34 heavy (non-hydrogen) atoms. The Morgan fingerprint density at radius 3 is 2.50 bits per heavy atom. The minimum atomic E-state index is -0.505. The zero-order valence-corrected chi connectivity index (χ0v) is 21.8. The van der Waals surface area contributed by atoms with Crippen molar-refractivity contribution in [3.63, 3.8) is 0 Å². The van der Waals surface area contributed by atoms with Gasteiger partial charge in [-0.15, -0.1) is 22.7 Å². The summed E-state index contributed by atoms with van der Waals surface area (Å²) < 4.78 is 5.50. The first kappa shape index (κ1) is 24.2. The van der Waals surface area contributed by atoms with E-state index in [9.17, 15) is 9.59 Å². The monoisotopic (exact) mass is 498 g/mol. The summed E-state index contributed by atoms with van der Waals surface area (Å²) in [6, 6.07) is 11.8. The summed E-state index contributed by atoms with van der Waals surface area (Å²) in [6.07, 6.45) is 2.44. The third-order valence-electron chi connectivity index (χ3n) is 5.58. The highest BCUT2D eigenvalue weighted by atomic mass is 32.1. The summed E-state index contributed by atoms with van der Waals surface area (Å²) in [7, 11) is 1.80. The van der Waals surface area contributed by atoms with Gasteiger partial charge in [0.25, 0.3) is 5.91 Å². The van der Waals surface area contributed by atoms with Gasteiger partial charge in [0.05, 0.1) is 20.8 Å². The molecular weight excluding hydrogens is 468 g/mol. The fraction of sp³-hybridized carbons (Fsp3) is 0.400. The Morgan fingerprint density at radius 2 is 1.85 bits per heavy atom. The minimum absolute atomic E-state index is 0.101. The number of rotatable bonds is 5. The number of ether oxygens (including phenoxy) is 1. The summed E-state index contributed by atoms with van der Waals surface area (Å²) in [5, 5.41) is 3.99. The van der Waals surface area contributed by atoms with Crippen LogP contribution in [-0.2, 0) is 4.74 Å². The zero-order valence-electron chi connectivity index (χ0n) is 20.1. The molecule has 0 radical (unpaired) electrons. The highest BCUT2D eigenvalue weighted by Gasteiger charge is 2.31. The zero-order chi connectivity index (χ0) is 24.5. The number of hydrogen-bond acceptors (Lipinski definition) is 7. The molecule has 1 unspecified atom stereocenters. The molecule has 4 rings (SSSR count). The Balaban J connectivity index is 1.33. The minimum Gasteiger partial charge on any atom is -0.444 e. The lowest BCUT2D eigenvalue weighted by Gasteiger charge is -2.28. The fourth-order valence-electron chi connectivity index (χ4n) is 3.79. The quantitative estimate of drug-likeness (QED) is 0.476. The van der Waals surface area contributed by atoms with E-state index >= 15 is 0 Å². The molecule has 9 heteroatoms. The van der Waals surface area contributed by atoms with E-state index in [0.717, 1.165) is 45.6 Å². The summed E-state index contributed by atoms with van der Waals surface area (Å²) in [4.78, 5) is 36.1. The number of carbonyl (C=O) groups excluding carboxylic acids is 2. The first-order valence-electron chi connectivity index (χ1n) is 11.2. The highest BCUT2D eigenvalue weighted by molar-refractivity contribution is 7.22. The van der Waals surface area contributed by atoms with Crippen molar-refractivity contribution >= 4 is 46.0 Å². The number of aromatic nitrogens is 1. The predicted octanol–water partition coefficient (Wildman–Crippen LogP) is 5.88. The standard InChI is InChI=1S/C25H30N4O3S2/c1-16-26-14-22(33-16)20-10-11-21(34-20)23(30)27-17-6-8-18(9-7-17)29-13-12-19(15-29)28(5)24(31)32-25(2,3)4/h6-11,14,19H,12-13,15H2,1-5H3,(H,27,30). The van der Waals surface area contributed by atoms with E-state index in [1.54, 1.807) is 23.3 Å². The average Bonchev–Trinajstić information content (AvgIpc) is 3.53. The maximum atomic E-state index is 12.7. The number of nitrogens with one attached hydrogen (secondary N) is 1. The predicted molar refractivity (Wildman–Crippen MR) is 139 cm³/mol. The maximum absolute atomic E-state index is 12.7. The average molecular weight is 499 g/mol. The largest absolute Gasteiger partial charge is 0.444 e. The van der Waals surface area contributed by atoms with E-state index < -0.39 is 5.60 Å². The molecule has 1 fully saturated rings. The van der Waals surface area contributed by atoms with Gasteiger partial charge in [-0.1, -0.05) is 0 Å². The molecule has 3 aromatic rings. The van der Waals surface area contributed by atoms with Crippen molar-refractivity contribution in [2.24, 2.45) is 0 Å². The third-order valence-corrected chi connectivity index (χ3v) is 7.77. The molecule has 3 heterocycles. The van der Waals surface area contributed by atoms with Gasteiger partial charge in [-0.3, -0.25) is 4.79 Å². The second-order valence-electron chi connectivity index (χ2n) is 9.39. The van der Waals surface area contributed by atoms with Crippen LogP contribution in [0, 0.1) is 6.92 Å². The Kier molecular flexibility index (Phi) is 6.95. The van der Waals surface area contributed by atoms with E-state index in [1.807, 2.05) is 70.3 Å². The molecule has 0 bridgehead atoms. The molecule has 0 saturated carbocycles. The van der Waals surface area contributed by atoms with E-state index in [0.29, 0.717) is 4.88 Å². The maximum Gasteiger partial charge on any atom is 0.410 e. The van der Waals surface area contributed by atoms with Crippen molar-refractivity contribution < 1.29 is 14.3 Å². The van der Waals surface area contributed by atoms with Crippen molar-refractivity contribution in [3.8, 4) is 9.75 Å². The third kappa shape index (κ3) is 5.77. The van der Waals surface area contributed by atoms with Crippen molar-refractivity contribution in [1.29, 1.82) is 0 Å². The number of amides is 2. The van der Waals surface area contributed by atoms with Gasteiger partial charge in [-0.25, -0.2) is 9.78 Å². The Bertz CT molecular complexity index is 1160. The lowest BCUT2D eigenvalue weighted by molar-refractivity contribution is 0.0238. The van der Waals surface area contributed by atoms with E-state index in [-0.39, 0.29) is 18.0 Å². The molecule has 1 N–H and O–H groups in total. The number of aryl methyl sites for hydroxylation is 1. The molecule has 2 aromatic heterocycles. The number of benzene rings is 1. The summed E-state index contributed by atoms with van der Waals surface area (Å²) in [5.74, 6) is -0.120. The van der Waals surface area contributed by atoms with Gasteiger partial charge < -0.3 is 19.9 Å². The second kappa shape index (κ2) is 9.76. The van der Waals surface area contributed by atoms with Gasteiger partial charge in [0.15, 0.2) is 0 Å². The first-order chi connectivity index (χ1) is 16.1. The molecule has 1 aliphatic rings. The second-order valence-corrected chi connectivity index (χ2v) is 11.7. The van der Waals surface area contributed by atoms with Gasteiger partial charge >= 0.3 is 6.09 Å². The topological polar surface area (TPSA) is 74.8 Å². The number of hydrogen-bond donors (Lipinski definition) is 1. The molecule has 0 aliphatic carbocycles. The number of thiophene rings is 1. The van der Waals surface area contributed by atoms with Crippen LogP contribution in [0.15, 0.2) is 42.6 Å². The van der Waals surface area contributed by atoms with Gasteiger partial charge in [-0.05, 0) is 70.5 Å². The number of carbonyl (C=O) groups is 2. The van der Waals surface area contributed by atoms with Crippen LogP contribution in [0.3, 0.4) is 0 Å². The van der Waals surface area contributed by atoms with Gasteiger partial charge in [0, 0.05) is 42.6 Å². The molecule has 1 saturated heterocycles. The molecule has 7 nitrogen and oxygen atoms in total. The van der Waals surface area contributed by atoms with E-state index in [1.165, 1.54) is 11.3 Å². The molecular formula is C25H30N4O3S2.